The van der Waals surface area contributed by atoms with Crippen molar-refractivity contribution in [1.82, 2.24) is 0 Å². The Labute approximate surface area is 256 Å². The maximum absolute atomic E-state index is 13.4. The number of carbonyl (C=O) groups is 1. The Bertz CT molecular complexity index is 1710. The van der Waals surface area contributed by atoms with Crippen LogP contribution in [0.5, 0.6) is 11.5 Å². The van der Waals surface area contributed by atoms with Crippen LogP contribution in [0.15, 0.2) is 75.8 Å². The number of azo groups is 1. The van der Waals surface area contributed by atoms with Gasteiger partial charge < -0.3 is 15.2 Å². The predicted octanol–water partition coefficient (Wildman–Crippen LogP) is 3.71. The van der Waals surface area contributed by atoms with E-state index in [1.54, 1.807) is 43.3 Å². The number of hydrogen-bond donors (Lipinski definition) is 2. The van der Waals surface area contributed by atoms with E-state index in [-0.39, 0.29) is 56.5 Å². The molecule has 0 atom stereocenters. The van der Waals surface area contributed by atoms with Crippen molar-refractivity contribution < 1.29 is 57.2 Å². The van der Waals surface area contributed by atoms with Crippen LogP contribution in [-0.4, -0.2) is 26.0 Å². The molecular formula is C26H20Cl2N3NaO6S. The molecule has 196 valence electrons. The second-order valence-electron chi connectivity index (χ2n) is 8.04. The van der Waals surface area contributed by atoms with Gasteiger partial charge in [-0.3, -0.25) is 9.35 Å². The molecule has 0 fully saturated rings. The SMILES string of the molecule is CCc1ccc(S(=O)(=O)O)c(Cl)c1N=Nc1c([O-])c(C(=O)Nc2ccc(OC)c(Cl)c2)cc2ccccc12.[Na+]. The third-order valence-corrected chi connectivity index (χ3v) is 7.39. The van der Waals surface area contributed by atoms with Crippen molar-refractivity contribution in [2.75, 3.05) is 12.4 Å². The van der Waals surface area contributed by atoms with Crippen LogP contribution in [-0.2, 0) is 16.5 Å². The number of rotatable bonds is 7. The van der Waals surface area contributed by atoms with Crippen LogP contribution >= 0.6 is 23.2 Å². The zero-order valence-corrected chi connectivity index (χ0v) is 25.4. The molecule has 0 saturated heterocycles. The summed E-state index contributed by atoms with van der Waals surface area (Å²) in [7, 11) is -3.17. The number of methoxy groups -OCH3 is 1. The van der Waals surface area contributed by atoms with Crippen LogP contribution in [0.25, 0.3) is 10.8 Å². The minimum atomic E-state index is -4.63. The van der Waals surface area contributed by atoms with Crippen LogP contribution in [0.3, 0.4) is 0 Å². The number of amides is 1. The molecule has 0 aliphatic carbocycles. The van der Waals surface area contributed by atoms with Gasteiger partial charge in [-0.1, -0.05) is 66.2 Å². The molecule has 1 amide bonds. The molecule has 0 aromatic heterocycles. The van der Waals surface area contributed by atoms with Gasteiger partial charge in [0, 0.05) is 16.6 Å². The molecule has 0 spiro atoms. The van der Waals surface area contributed by atoms with E-state index in [1.807, 2.05) is 0 Å². The molecule has 4 aromatic rings. The predicted molar refractivity (Wildman–Crippen MR) is 144 cm³/mol. The van der Waals surface area contributed by atoms with Gasteiger partial charge in [-0.25, -0.2) is 0 Å². The summed E-state index contributed by atoms with van der Waals surface area (Å²) in [6.07, 6.45) is 0.414. The van der Waals surface area contributed by atoms with Gasteiger partial charge in [-0.2, -0.15) is 13.5 Å². The summed E-state index contributed by atoms with van der Waals surface area (Å²) in [6, 6.07) is 15.5. The van der Waals surface area contributed by atoms with Crippen molar-refractivity contribution in [2.45, 2.75) is 18.2 Å². The molecule has 39 heavy (non-hydrogen) atoms. The summed E-state index contributed by atoms with van der Waals surface area (Å²) in [5, 5.41) is 25.2. The van der Waals surface area contributed by atoms with E-state index in [0.717, 1.165) is 0 Å². The quantitative estimate of drug-likeness (QED) is 0.189. The van der Waals surface area contributed by atoms with Crippen LogP contribution in [0.2, 0.25) is 10.0 Å². The van der Waals surface area contributed by atoms with Gasteiger partial charge in [0.1, 0.15) is 16.3 Å². The second-order valence-corrected chi connectivity index (χ2v) is 10.2. The first-order valence-electron chi connectivity index (χ1n) is 11.1. The van der Waals surface area contributed by atoms with Gasteiger partial charge in [0.2, 0.25) is 0 Å². The topological polar surface area (TPSA) is 140 Å². The number of ether oxygens (including phenoxy) is 1. The minimum absolute atomic E-state index is 0. The Balaban J connectivity index is 0.00000420. The van der Waals surface area contributed by atoms with E-state index in [4.69, 9.17) is 27.9 Å². The molecule has 0 aliphatic heterocycles. The number of anilines is 1. The first-order valence-corrected chi connectivity index (χ1v) is 13.3. The van der Waals surface area contributed by atoms with Crippen molar-refractivity contribution in [3.05, 3.63) is 81.8 Å². The third kappa shape index (κ3) is 6.55. The van der Waals surface area contributed by atoms with Gasteiger partial charge in [0.15, 0.2) is 0 Å². The summed E-state index contributed by atoms with van der Waals surface area (Å²) in [5.41, 5.74) is 0.524. The molecule has 0 aliphatic rings. The maximum Gasteiger partial charge on any atom is 1.00 e. The average molecular weight is 596 g/mol. The Hall–Kier alpha value is -2.70. The molecule has 0 unspecified atom stereocenters. The number of fused-ring (bicyclic) bond motifs is 1. The largest absolute Gasteiger partial charge is 1.00 e. The molecule has 9 nitrogen and oxygen atoms in total. The van der Waals surface area contributed by atoms with Crippen LogP contribution in [0, 0.1) is 0 Å². The number of carbonyl (C=O) groups excluding carboxylic acids is 1. The molecule has 13 heteroatoms. The van der Waals surface area contributed by atoms with Gasteiger partial charge in [0.05, 0.1) is 22.8 Å². The van der Waals surface area contributed by atoms with Crippen molar-refractivity contribution in [2.24, 2.45) is 10.2 Å². The fourth-order valence-corrected chi connectivity index (χ4v) is 5.13. The van der Waals surface area contributed by atoms with E-state index in [2.05, 4.69) is 15.5 Å². The smallest absolute Gasteiger partial charge is 0.870 e. The number of nitrogens with zero attached hydrogens (tertiary/aromatic N) is 2. The van der Waals surface area contributed by atoms with Gasteiger partial charge in [-0.05, 0) is 47.7 Å². The average Bonchev–Trinajstić information content (AvgIpc) is 2.87. The number of benzene rings is 4. The standard InChI is InChI=1S/C26H21Cl2N3O6S.Na/c1-3-14-8-11-21(38(34,35)36)22(28)23(14)30-31-24-17-7-5-4-6-15(17)12-18(25(24)32)26(33)29-16-9-10-20(37-2)19(27)13-16;/h4-13,32H,3H2,1-2H3,(H,29,33)(H,34,35,36);/q;+1/p-1. The van der Waals surface area contributed by atoms with Crippen LogP contribution in [0.4, 0.5) is 17.1 Å². The van der Waals surface area contributed by atoms with Crippen molar-refractivity contribution >= 4 is 67.1 Å². The summed E-state index contributed by atoms with van der Waals surface area (Å²) < 4.78 is 38.1. The molecule has 0 heterocycles. The van der Waals surface area contributed by atoms with E-state index >= 15 is 0 Å². The first-order chi connectivity index (χ1) is 18.0. The van der Waals surface area contributed by atoms with E-state index in [0.29, 0.717) is 34.2 Å². The Morgan fingerprint density at radius 1 is 1.05 bits per heavy atom. The summed E-state index contributed by atoms with van der Waals surface area (Å²) >= 11 is 12.4. The van der Waals surface area contributed by atoms with Crippen LogP contribution in [0.1, 0.15) is 22.8 Å². The molecule has 4 rings (SSSR count). The fourth-order valence-electron chi connectivity index (χ4n) is 3.80. The number of aryl methyl sites for hydroxylation is 1. The van der Waals surface area contributed by atoms with E-state index < -0.39 is 26.7 Å². The van der Waals surface area contributed by atoms with Crippen molar-refractivity contribution in [1.29, 1.82) is 0 Å². The Kier molecular flexibility index (Phi) is 10.0. The molecule has 2 N–H and O–H groups in total. The van der Waals surface area contributed by atoms with Crippen molar-refractivity contribution in [3.63, 3.8) is 0 Å². The Morgan fingerprint density at radius 3 is 2.38 bits per heavy atom. The number of hydrogen-bond acceptors (Lipinski definition) is 7. The fraction of sp³-hybridized carbons (Fsp3) is 0.115. The Morgan fingerprint density at radius 2 is 1.74 bits per heavy atom. The van der Waals surface area contributed by atoms with Crippen LogP contribution < -0.4 is 44.7 Å². The summed E-state index contributed by atoms with van der Waals surface area (Å²) in [5.74, 6) is -0.977. The van der Waals surface area contributed by atoms with Crippen molar-refractivity contribution in [3.8, 4) is 11.5 Å². The number of nitrogens with one attached hydrogen (secondary N) is 1. The summed E-state index contributed by atoms with van der Waals surface area (Å²) in [4.78, 5) is 12.6. The number of halogens is 2. The molecule has 0 bridgehead atoms. The zero-order valence-electron chi connectivity index (χ0n) is 21.0. The third-order valence-electron chi connectivity index (χ3n) is 5.70. The monoisotopic (exact) mass is 595 g/mol. The maximum atomic E-state index is 13.4. The molecule has 0 radical (unpaired) electrons. The van der Waals surface area contributed by atoms with E-state index in [1.165, 1.54) is 31.4 Å². The van der Waals surface area contributed by atoms with Gasteiger partial charge >= 0.3 is 29.6 Å². The first kappa shape index (κ1) is 30.8. The normalized spacial score (nSPS) is 11.4. The minimum Gasteiger partial charge on any atom is -0.870 e. The molecular weight excluding hydrogens is 576 g/mol. The zero-order chi connectivity index (χ0) is 27.6. The molecule has 0 saturated carbocycles. The summed E-state index contributed by atoms with van der Waals surface area (Å²) in [6.45, 7) is 1.79. The van der Waals surface area contributed by atoms with Gasteiger partial charge in [-0.15, -0.1) is 5.11 Å². The van der Waals surface area contributed by atoms with Gasteiger partial charge in [0.25, 0.3) is 16.0 Å². The molecule has 4 aromatic carbocycles. The van der Waals surface area contributed by atoms with E-state index in [9.17, 15) is 22.9 Å². The second kappa shape index (κ2) is 12.6.